The molecule has 3 atom stereocenters. The molecule has 1 rings (SSSR count). The van der Waals surface area contributed by atoms with E-state index in [2.05, 4.69) is 45.5 Å². The van der Waals surface area contributed by atoms with Crippen LogP contribution in [0.4, 0.5) is 0 Å². The molecule has 0 fully saturated rings. The van der Waals surface area contributed by atoms with Gasteiger partial charge in [0.15, 0.2) is 5.96 Å². The first-order chi connectivity index (χ1) is 19.0. The van der Waals surface area contributed by atoms with Crippen LogP contribution in [0.1, 0.15) is 25.0 Å². The van der Waals surface area contributed by atoms with Crippen molar-refractivity contribution in [2.45, 2.75) is 43.8 Å². The second kappa shape index (κ2) is 27.2. The third kappa shape index (κ3) is 22.2. The number of guanidine groups is 1. The molecule has 0 aliphatic rings. The van der Waals surface area contributed by atoms with E-state index in [1.807, 2.05) is 5.32 Å². The Morgan fingerprint density at radius 2 is 1.59 bits per heavy atom. The van der Waals surface area contributed by atoms with E-state index in [9.17, 15) is 24.0 Å². The fourth-order valence-corrected chi connectivity index (χ4v) is 2.69. The summed E-state index contributed by atoms with van der Waals surface area (Å²) in [6, 6.07) is -3.77. The number of imidazole rings is 1. The zero-order valence-corrected chi connectivity index (χ0v) is 24.0. The van der Waals surface area contributed by atoms with Crippen LogP contribution >= 0.6 is 0 Å². The number of nitrogens with zero attached hydrogens (tertiary/aromatic N) is 2. The van der Waals surface area contributed by atoms with Crippen LogP contribution in [0.25, 0.3) is 0 Å². The number of H-pyrrole nitrogens is 1. The number of aliphatic imine (C=N–C) groups is 1. The quantitative estimate of drug-likeness (QED) is 0.0272. The topological polar surface area (TPSA) is 341 Å². The third-order valence-corrected chi connectivity index (χ3v) is 4.34. The number of carbonyl (C=O) groups is 5. The van der Waals surface area contributed by atoms with E-state index < -0.39 is 60.8 Å². The molecule has 20 heteroatoms. The summed E-state index contributed by atoms with van der Waals surface area (Å²) in [6.45, 7) is 13.0. The third-order valence-electron chi connectivity index (χ3n) is 4.34. The number of aliphatic carboxylic acids is 2. The number of amides is 3. The summed E-state index contributed by atoms with van der Waals surface area (Å²) in [6.07, 6.45) is 2.63. The molecule has 0 aromatic carbocycles. The van der Waals surface area contributed by atoms with Crippen molar-refractivity contribution < 1.29 is 68.6 Å². The van der Waals surface area contributed by atoms with E-state index in [-0.39, 0.29) is 45.8 Å². The normalized spacial score (nSPS) is 11.0. The van der Waals surface area contributed by atoms with Crippen LogP contribution < -0.4 is 33.2 Å². The molecule has 19 nitrogen and oxygen atoms in total. The monoisotopic (exact) mass is 755 g/mol. The number of carboxylic acid groups (broad SMARTS) is 2. The number of carboxylic acids is 2. The first-order valence-corrected chi connectivity index (χ1v) is 10.7. The van der Waals surface area contributed by atoms with Gasteiger partial charge >= 0.3 is 45.8 Å². The fraction of sp³-hybridized carbons (Fsp3) is 0.429. The summed E-state index contributed by atoms with van der Waals surface area (Å²) in [5.41, 5.74) is 17.0. The summed E-state index contributed by atoms with van der Waals surface area (Å²) in [4.78, 5) is 69.2. The Hall–Kier alpha value is -4.33. The molecule has 0 saturated heterocycles. The molecule has 12 N–H and O–H groups in total. The van der Waals surface area contributed by atoms with Gasteiger partial charge in [0, 0.05) is 45.3 Å². The van der Waals surface area contributed by atoms with Crippen molar-refractivity contribution in [1.29, 1.82) is 0 Å². The molecule has 0 spiro atoms. The number of carbonyl (C=O) groups excluding carboxylic acids is 3. The Kier molecular flexibility index (Phi) is 29.1. The molecule has 0 saturated carbocycles. The van der Waals surface area contributed by atoms with Crippen molar-refractivity contribution in [3.63, 3.8) is 0 Å². The van der Waals surface area contributed by atoms with Crippen molar-refractivity contribution in [3.8, 4) is 0 Å². The van der Waals surface area contributed by atoms with Gasteiger partial charge in [0.05, 0.1) is 25.3 Å². The van der Waals surface area contributed by atoms with Crippen LogP contribution in [0.3, 0.4) is 0 Å². The first kappa shape index (κ1) is 43.7. The Labute approximate surface area is 247 Å². The van der Waals surface area contributed by atoms with Crippen LogP contribution in [0, 0.1) is 20.0 Å². The number of rotatable bonds is 15. The van der Waals surface area contributed by atoms with Crippen molar-refractivity contribution in [2.75, 3.05) is 13.1 Å². The number of hydrogen-bond acceptors (Lipinski definition) is 8. The van der Waals surface area contributed by atoms with Crippen molar-refractivity contribution >= 4 is 35.6 Å². The number of aromatic nitrogens is 2. The number of nitrogens with one attached hydrogen (secondary N) is 4. The van der Waals surface area contributed by atoms with Crippen LogP contribution in [0.15, 0.2) is 17.5 Å². The summed E-state index contributed by atoms with van der Waals surface area (Å²) >= 11 is 0. The molecule has 3 amide bonds. The maximum atomic E-state index is 12.6. The molecular weight excluding hydrogens is 726 g/mol. The average Bonchev–Trinajstić information content (AvgIpc) is 3.44. The van der Waals surface area contributed by atoms with Crippen molar-refractivity contribution in [1.82, 2.24) is 25.9 Å². The van der Waals surface area contributed by atoms with Gasteiger partial charge in [-0.15, -0.1) is 0 Å². The standard InChI is InChI=1S/C18H29N9O7.3CO.Re/c19-10(4-9-6-22-8-25-9)15(31)27-11(2-1-3-23-18(20)21)16(32)24-7-13(28)26-12(17(33)34)5-14(29)30;3*1-2;/h6,8,10-12H,1-5,7,19H2,(H,22,25)(H,24,32)(H,26,28)(H,27,31)(H,29,30)(H,33,34)(H4,20,21,23);;;;/t10-,11-,12-;;;;/m0..../s1/i;;;;1+2. The molecule has 1 aromatic rings. The van der Waals surface area contributed by atoms with Gasteiger partial charge in [0.25, 0.3) is 0 Å². The SMILES string of the molecule is NC(N)=NCCC[C@H](NC(=O)[C@@H](N)Cc1cnc[nH]1)C(=O)NCC(=O)N[C@@H](CC(=O)O)C(=O)O.[188Re].[C-]#[O+].[C-]#[O+].[C-]#[O+]. The average molecular weight is 755 g/mol. The van der Waals surface area contributed by atoms with Gasteiger partial charge in [-0.2, -0.15) is 0 Å². The van der Waals surface area contributed by atoms with Crippen molar-refractivity contribution in [2.24, 2.45) is 22.2 Å². The van der Waals surface area contributed by atoms with Gasteiger partial charge in [-0.05, 0) is 12.8 Å². The second-order valence-corrected chi connectivity index (χ2v) is 7.17. The van der Waals surface area contributed by atoms with Crippen LogP contribution in [0.2, 0.25) is 0 Å². The number of hydrogen-bond donors (Lipinski definition) is 9. The van der Waals surface area contributed by atoms with Gasteiger partial charge in [0.1, 0.15) is 12.1 Å². The van der Waals surface area contributed by atoms with E-state index >= 15 is 0 Å². The molecule has 1 heterocycles. The zero-order valence-electron chi connectivity index (χ0n) is 21.3. The molecular formula is C21H29N9O10Re. The van der Waals surface area contributed by atoms with Gasteiger partial charge in [-0.3, -0.25) is 24.2 Å². The van der Waals surface area contributed by atoms with Gasteiger partial charge in [-0.25, -0.2) is 9.78 Å². The molecule has 0 unspecified atom stereocenters. The van der Waals surface area contributed by atoms with Crippen LogP contribution in [-0.4, -0.2) is 87.0 Å². The first-order valence-electron chi connectivity index (χ1n) is 10.7. The molecule has 225 valence electrons. The molecule has 0 aliphatic carbocycles. The fourth-order valence-electron chi connectivity index (χ4n) is 2.69. The predicted octanol–water partition coefficient (Wildman–Crippen LogP) is -4.14. The van der Waals surface area contributed by atoms with Gasteiger partial charge in [-0.1, -0.05) is 0 Å². The van der Waals surface area contributed by atoms with E-state index in [0.29, 0.717) is 12.1 Å². The Bertz CT molecular complexity index is 1010. The Morgan fingerprint density at radius 1 is 1.00 bits per heavy atom. The minimum absolute atomic E-state index is 0. The second-order valence-electron chi connectivity index (χ2n) is 7.17. The minimum atomic E-state index is -1.67. The predicted molar refractivity (Wildman–Crippen MR) is 129 cm³/mol. The molecule has 1 radical (unpaired) electrons. The Morgan fingerprint density at radius 3 is 2.05 bits per heavy atom. The van der Waals surface area contributed by atoms with E-state index in [4.69, 9.17) is 41.4 Å². The molecule has 41 heavy (non-hydrogen) atoms. The number of aromatic amines is 1. The van der Waals surface area contributed by atoms with E-state index in [1.165, 1.54) is 12.5 Å². The Balaban J connectivity index is -0.000000913. The van der Waals surface area contributed by atoms with Crippen LogP contribution in [-0.2, 0) is 64.8 Å². The van der Waals surface area contributed by atoms with E-state index in [0.717, 1.165) is 0 Å². The van der Waals surface area contributed by atoms with Gasteiger partial charge < -0.3 is 48.3 Å². The van der Waals surface area contributed by atoms with Crippen molar-refractivity contribution in [3.05, 3.63) is 38.2 Å². The van der Waals surface area contributed by atoms with Crippen LogP contribution in [0.5, 0.6) is 0 Å². The molecule has 1 aromatic heterocycles. The summed E-state index contributed by atoms with van der Waals surface area (Å²) < 4.78 is 22.5. The summed E-state index contributed by atoms with van der Waals surface area (Å²) in [7, 11) is 0. The van der Waals surface area contributed by atoms with E-state index in [1.54, 1.807) is 0 Å². The molecule has 0 aliphatic heterocycles. The molecule has 0 bridgehead atoms. The maximum absolute atomic E-state index is 12.6. The zero-order chi connectivity index (χ0) is 31.7. The van der Waals surface area contributed by atoms with Gasteiger partial charge in [0.2, 0.25) is 17.7 Å². The summed E-state index contributed by atoms with van der Waals surface area (Å²) in [5.74, 6) is -5.41. The summed E-state index contributed by atoms with van der Waals surface area (Å²) in [5, 5.41) is 24.5. The number of nitrogens with two attached hydrogens (primary N) is 3.